The molecule has 114 valence electrons. The zero-order valence-electron chi connectivity index (χ0n) is 11.7. The Morgan fingerprint density at radius 3 is 1.95 bits per heavy atom. The third-order valence-electron chi connectivity index (χ3n) is 5.07. The van der Waals surface area contributed by atoms with Gasteiger partial charge >= 0.3 is 0 Å². The first-order valence-electron chi connectivity index (χ1n) is 7.36. The number of rotatable bonds is 4. The molecule has 0 aromatic heterocycles. The van der Waals surface area contributed by atoms with Crippen molar-refractivity contribution in [3.8, 4) is 0 Å². The number of hydrogen-bond acceptors (Lipinski definition) is 3. The fourth-order valence-corrected chi connectivity index (χ4v) is 4.85. The maximum absolute atomic E-state index is 12.0. The molecule has 20 heavy (non-hydrogen) atoms. The van der Waals surface area contributed by atoms with Gasteiger partial charge in [-0.2, -0.15) is 0 Å². The smallest absolute Gasteiger partial charge is 0.239 e. The molecule has 4 aliphatic rings. The lowest BCUT2D eigenvalue weighted by atomic mass is 9.53. The second kappa shape index (κ2) is 5.90. The zero-order valence-corrected chi connectivity index (χ0v) is 12.5. The van der Waals surface area contributed by atoms with Gasteiger partial charge in [-0.3, -0.25) is 9.59 Å². The molecule has 6 heteroatoms. The highest BCUT2D eigenvalue weighted by atomic mass is 35.5. The lowest BCUT2D eigenvalue weighted by Gasteiger charge is -2.56. The Kier molecular flexibility index (Phi) is 4.59. The third kappa shape index (κ3) is 3.09. The molecule has 0 unspecified atom stereocenters. The van der Waals surface area contributed by atoms with Gasteiger partial charge in [0.1, 0.15) is 0 Å². The van der Waals surface area contributed by atoms with E-state index in [1.807, 2.05) is 0 Å². The molecule has 4 rings (SSSR count). The molecule has 2 amide bonds. The summed E-state index contributed by atoms with van der Waals surface area (Å²) in [5.41, 5.74) is 5.23. The van der Waals surface area contributed by atoms with Crippen molar-refractivity contribution >= 4 is 24.2 Å². The Morgan fingerprint density at radius 1 is 1.00 bits per heavy atom. The van der Waals surface area contributed by atoms with E-state index in [0.29, 0.717) is 0 Å². The van der Waals surface area contributed by atoms with Crippen molar-refractivity contribution in [2.75, 3.05) is 13.1 Å². The number of amides is 2. The van der Waals surface area contributed by atoms with Crippen LogP contribution >= 0.6 is 12.4 Å². The summed E-state index contributed by atoms with van der Waals surface area (Å²) in [6, 6.07) is 0. The fraction of sp³-hybridized carbons (Fsp3) is 0.857. The Balaban J connectivity index is 0.00000147. The second-order valence-corrected chi connectivity index (χ2v) is 6.73. The summed E-state index contributed by atoms with van der Waals surface area (Å²) >= 11 is 0. The first-order valence-corrected chi connectivity index (χ1v) is 7.36. The molecule has 0 spiro atoms. The molecule has 4 N–H and O–H groups in total. The van der Waals surface area contributed by atoms with Gasteiger partial charge in [-0.1, -0.05) is 0 Å². The standard InChI is InChI=1S/C14H23N3O2.ClH/c15-7-12(18)16-8-13(19)17-14-4-9-1-10(5-14)3-11(2-9)6-14;/h9-11H,1-8,15H2,(H,16,18)(H,17,19);1H. The summed E-state index contributed by atoms with van der Waals surface area (Å²) in [6.45, 7) is -0.0115. The summed E-state index contributed by atoms with van der Waals surface area (Å²) in [6.07, 6.45) is 7.48. The Hall–Kier alpha value is -0.810. The molecule has 5 nitrogen and oxygen atoms in total. The first-order chi connectivity index (χ1) is 9.08. The van der Waals surface area contributed by atoms with Gasteiger partial charge in [0, 0.05) is 5.54 Å². The minimum Gasteiger partial charge on any atom is -0.349 e. The zero-order chi connectivity index (χ0) is 13.5. The summed E-state index contributed by atoms with van der Waals surface area (Å²) < 4.78 is 0. The van der Waals surface area contributed by atoms with E-state index in [4.69, 9.17) is 5.73 Å². The molecule has 4 bridgehead atoms. The molecule has 4 fully saturated rings. The maximum Gasteiger partial charge on any atom is 0.239 e. The van der Waals surface area contributed by atoms with Crippen molar-refractivity contribution in [3.05, 3.63) is 0 Å². The van der Waals surface area contributed by atoms with Crippen LogP contribution in [0.1, 0.15) is 38.5 Å². The van der Waals surface area contributed by atoms with E-state index in [-0.39, 0.29) is 42.8 Å². The van der Waals surface area contributed by atoms with Crippen LogP contribution in [0.2, 0.25) is 0 Å². The van der Waals surface area contributed by atoms with Crippen LogP contribution in [0.5, 0.6) is 0 Å². The highest BCUT2D eigenvalue weighted by Gasteiger charge is 2.51. The Morgan fingerprint density at radius 2 is 1.50 bits per heavy atom. The van der Waals surface area contributed by atoms with Crippen LogP contribution in [0.25, 0.3) is 0 Å². The van der Waals surface area contributed by atoms with E-state index in [2.05, 4.69) is 10.6 Å². The summed E-state index contributed by atoms with van der Waals surface area (Å²) in [7, 11) is 0. The molecular formula is C14H24ClN3O2. The van der Waals surface area contributed by atoms with Gasteiger partial charge in [-0.15, -0.1) is 12.4 Å². The van der Waals surface area contributed by atoms with Crippen molar-refractivity contribution in [2.24, 2.45) is 23.5 Å². The first kappa shape index (κ1) is 15.6. The van der Waals surface area contributed by atoms with Gasteiger partial charge < -0.3 is 16.4 Å². The molecular weight excluding hydrogens is 278 g/mol. The van der Waals surface area contributed by atoms with E-state index in [9.17, 15) is 9.59 Å². The van der Waals surface area contributed by atoms with Crippen LogP contribution in [0.4, 0.5) is 0 Å². The molecule has 4 aliphatic carbocycles. The van der Waals surface area contributed by atoms with Crippen molar-refractivity contribution in [1.82, 2.24) is 10.6 Å². The number of hydrogen-bond donors (Lipinski definition) is 3. The Bertz CT molecular complexity index is 365. The Labute approximate surface area is 125 Å². The number of carbonyl (C=O) groups excluding carboxylic acids is 2. The highest BCUT2D eigenvalue weighted by molar-refractivity contribution is 5.86. The summed E-state index contributed by atoms with van der Waals surface area (Å²) in [5, 5.41) is 5.75. The average Bonchev–Trinajstić information content (AvgIpc) is 2.33. The van der Waals surface area contributed by atoms with Crippen LogP contribution in [-0.4, -0.2) is 30.4 Å². The van der Waals surface area contributed by atoms with Gasteiger partial charge in [0.15, 0.2) is 0 Å². The molecule has 0 saturated heterocycles. The maximum atomic E-state index is 12.0. The van der Waals surface area contributed by atoms with E-state index in [0.717, 1.165) is 37.0 Å². The van der Waals surface area contributed by atoms with Crippen LogP contribution in [0.3, 0.4) is 0 Å². The number of nitrogens with two attached hydrogens (primary N) is 1. The minimum absolute atomic E-state index is 0. The second-order valence-electron chi connectivity index (χ2n) is 6.73. The normalized spacial score (nSPS) is 37.1. The monoisotopic (exact) mass is 301 g/mol. The predicted molar refractivity (Wildman–Crippen MR) is 78.4 cm³/mol. The number of carbonyl (C=O) groups is 2. The minimum atomic E-state index is -0.277. The quantitative estimate of drug-likeness (QED) is 0.710. The lowest BCUT2D eigenvalue weighted by molar-refractivity contribution is -0.129. The van der Waals surface area contributed by atoms with Crippen molar-refractivity contribution < 1.29 is 9.59 Å². The van der Waals surface area contributed by atoms with Crippen LogP contribution in [0, 0.1) is 17.8 Å². The van der Waals surface area contributed by atoms with Gasteiger partial charge in [0.2, 0.25) is 11.8 Å². The van der Waals surface area contributed by atoms with Crippen molar-refractivity contribution in [3.63, 3.8) is 0 Å². The van der Waals surface area contributed by atoms with Crippen molar-refractivity contribution in [2.45, 2.75) is 44.1 Å². The molecule has 0 heterocycles. The van der Waals surface area contributed by atoms with Gasteiger partial charge in [0.05, 0.1) is 13.1 Å². The summed E-state index contributed by atoms with van der Waals surface area (Å²) in [4.78, 5) is 23.0. The molecule has 0 radical (unpaired) electrons. The van der Waals surface area contributed by atoms with Crippen molar-refractivity contribution in [1.29, 1.82) is 0 Å². The number of halogens is 1. The third-order valence-corrected chi connectivity index (χ3v) is 5.07. The largest absolute Gasteiger partial charge is 0.349 e. The fourth-order valence-electron chi connectivity index (χ4n) is 4.85. The molecule has 0 aromatic rings. The average molecular weight is 302 g/mol. The topological polar surface area (TPSA) is 84.2 Å². The van der Waals surface area contributed by atoms with E-state index >= 15 is 0 Å². The lowest BCUT2D eigenvalue weighted by Crippen LogP contribution is -2.61. The van der Waals surface area contributed by atoms with E-state index in [1.165, 1.54) is 19.3 Å². The van der Waals surface area contributed by atoms with Crippen LogP contribution in [0.15, 0.2) is 0 Å². The van der Waals surface area contributed by atoms with Gasteiger partial charge in [-0.05, 0) is 56.3 Å². The summed E-state index contributed by atoms with van der Waals surface area (Å²) in [5.74, 6) is 2.09. The van der Waals surface area contributed by atoms with Crippen LogP contribution in [-0.2, 0) is 9.59 Å². The van der Waals surface area contributed by atoms with Gasteiger partial charge in [-0.25, -0.2) is 0 Å². The molecule has 0 atom stereocenters. The van der Waals surface area contributed by atoms with Gasteiger partial charge in [0.25, 0.3) is 0 Å². The highest BCUT2D eigenvalue weighted by Crippen LogP contribution is 2.55. The van der Waals surface area contributed by atoms with Crippen LogP contribution < -0.4 is 16.4 Å². The predicted octanol–water partition coefficient (Wildman–Crippen LogP) is 0.568. The molecule has 0 aliphatic heterocycles. The molecule has 4 saturated carbocycles. The van der Waals surface area contributed by atoms with E-state index < -0.39 is 0 Å². The molecule has 0 aromatic carbocycles. The number of nitrogens with one attached hydrogen (secondary N) is 2. The van der Waals surface area contributed by atoms with E-state index in [1.54, 1.807) is 0 Å². The SMILES string of the molecule is Cl.NCC(=O)NCC(=O)NC12CC3CC(CC(C3)C1)C2.